The van der Waals surface area contributed by atoms with Crippen LogP contribution in [0, 0.1) is 13.8 Å². The maximum atomic E-state index is 13.1. The van der Waals surface area contributed by atoms with Crippen LogP contribution in [0.4, 0.5) is 5.69 Å². The predicted octanol–water partition coefficient (Wildman–Crippen LogP) is 5.14. The lowest BCUT2D eigenvalue weighted by atomic mass is 10.1. The number of carbonyl (C=O) groups is 2. The summed E-state index contributed by atoms with van der Waals surface area (Å²) in [6.07, 6.45) is 3.39. The van der Waals surface area contributed by atoms with Crippen LogP contribution >= 0.6 is 11.6 Å². The number of carbonyl (C=O) groups excluding carboxylic acids is 2. The Kier molecular flexibility index (Phi) is 7.84. The molecule has 166 valence electrons. The Morgan fingerprint density at radius 1 is 1.06 bits per heavy atom. The summed E-state index contributed by atoms with van der Waals surface area (Å²) < 4.78 is 10.8. The van der Waals surface area contributed by atoms with E-state index in [2.05, 4.69) is 4.98 Å². The number of benzene rings is 2. The highest BCUT2D eigenvalue weighted by molar-refractivity contribution is 6.32. The maximum Gasteiger partial charge on any atom is 0.338 e. The summed E-state index contributed by atoms with van der Waals surface area (Å²) in [6.45, 7) is 6.00. The Balaban J connectivity index is 1.80. The third-order valence-electron chi connectivity index (χ3n) is 4.83. The Bertz CT molecular complexity index is 1060. The monoisotopic (exact) mass is 452 g/mol. The van der Waals surface area contributed by atoms with E-state index in [0.29, 0.717) is 35.2 Å². The van der Waals surface area contributed by atoms with E-state index in [0.717, 1.165) is 16.7 Å². The molecule has 0 unspecified atom stereocenters. The topological polar surface area (TPSA) is 68.7 Å². The molecule has 7 heteroatoms. The van der Waals surface area contributed by atoms with Crippen molar-refractivity contribution in [2.45, 2.75) is 27.3 Å². The van der Waals surface area contributed by atoms with E-state index in [4.69, 9.17) is 21.1 Å². The third-order valence-corrected chi connectivity index (χ3v) is 5.42. The lowest BCUT2D eigenvalue weighted by molar-refractivity contribution is -0.120. The van der Waals surface area contributed by atoms with Crippen LogP contribution in [-0.2, 0) is 16.1 Å². The van der Waals surface area contributed by atoms with Gasteiger partial charge in [0, 0.05) is 23.1 Å². The number of rotatable bonds is 8. The normalized spacial score (nSPS) is 10.5. The highest BCUT2D eigenvalue weighted by atomic mass is 35.5. The number of anilines is 1. The largest absolute Gasteiger partial charge is 0.484 e. The minimum absolute atomic E-state index is 0.152. The van der Waals surface area contributed by atoms with Crippen LogP contribution in [-0.4, -0.2) is 30.1 Å². The molecule has 0 radical (unpaired) electrons. The summed E-state index contributed by atoms with van der Waals surface area (Å²) in [4.78, 5) is 30.8. The van der Waals surface area contributed by atoms with E-state index in [-0.39, 0.29) is 12.5 Å². The van der Waals surface area contributed by atoms with Gasteiger partial charge in [-0.15, -0.1) is 0 Å². The van der Waals surface area contributed by atoms with Crippen molar-refractivity contribution >= 4 is 29.2 Å². The van der Waals surface area contributed by atoms with E-state index < -0.39 is 5.97 Å². The smallest absolute Gasteiger partial charge is 0.338 e. The van der Waals surface area contributed by atoms with Crippen molar-refractivity contribution in [3.05, 3.63) is 88.2 Å². The van der Waals surface area contributed by atoms with Gasteiger partial charge < -0.3 is 14.4 Å². The molecule has 0 fully saturated rings. The van der Waals surface area contributed by atoms with Crippen molar-refractivity contribution in [3.63, 3.8) is 0 Å². The highest BCUT2D eigenvalue weighted by Gasteiger charge is 2.18. The number of pyridine rings is 1. The minimum Gasteiger partial charge on any atom is -0.484 e. The first-order valence-corrected chi connectivity index (χ1v) is 10.6. The number of esters is 1. The second-order valence-corrected chi connectivity index (χ2v) is 7.65. The van der Waals surface area contributed by atoms with Gasteiger partial charge in [0.15, 0.2) is 6.61 Å². The predicted molar refractivity (Wildman–Crippen MR) is 124 cm³/mol. The van der Waals surface area contributed by atoms with Crippen molar-refractivity contribution in [3.8, 4) is 5.75 Å². The Morgan fingerprint density at radius 3 is 2.34 bits per heavy atom. The van der Waals surface area contributed by atoms with Gasteiger partial charge in [0.1, 0.15) is 5.75 Å². The van der Waals surface area contributed by atoms with Gasteiger partial charge in [-0.1, -0.05) is 17.7 Å². The molecule has 0 aliphatic carbocycles. The molecule has 2 aromatic carbocycles. The average molecular weight is 453 g/mol. The Morgan fingerprint density at radius 2 is 1.75 bits per heavy atom. The van der Waals surface area contributed by atoms with Gasteiger partial charge >= 0.3 is 5.97 Å². The van der Waals surface area contributed by atoms with Gasteiger partial charge in [-0.05, 0) is 79.9 Å². The Hall–Kier alpha value is -3.38. The first-order valence-electron chi connectivity index (χ1n) is 10.2. The van der Waals surface area contributed by atoms with Crippen LogP contribution in [0.5, 0.6) is 5.75 Å². The number of hydrogen-bond donors (Lipinski definition) is 0. The standard InChI is InChI=1S/C25H25ClN2O4/c1-4-31-25(30)20-7-9-21(10-8-20)28(15-19-6-5-11-27-14-19)23(29)16-32-22-12-17(2)24(26)18(3)13-22/h5-14H,4,15-16H2,1-3H3. The summed E-state index contributed by atoms with van der Waals surface area (Å²) in [5.41, 5.74) is 3.70. The first kappa shape index (κ1) is 23.3. The SMILES string of the molecule is CCOC(=O)c1ccc(N(Cc2cccnc2)C(=O)COc2cc(C)c(Cl)c(C)c2)cc1. The summed E-state index contributed by atoms with van der Waals surface area (Å²) in [7, 11) is 0. The van der Waals surface area contributed by atoms with Gasteiger partial charge in [-0.25, -0.2) is 4.79 Å². The molecule has 0 aliphatic heterocycles. The van der Waals surface area contributed by atoms with Gasteiger partial charge in [-0.2, -0.15) is 0 Å². The molecule has 1 amide bonds. The quantitative estimate of drug-likeness (QED) is 0.442. The van der Waals surface area contributed by atoms with Crippen LogP contribution in [0.1, 0.15) is 34.0 Å². The summed E-state index contributed by atoms with van der Waals surface area (Å²) in [5.74, 6) is -0.0549. The minimum atomic E-state index is -0.402. The zero-order chi connectivity index (χ0) is 23.1. The number of aromatic nitrogens is 1. The molecule has 3 aromatic rings. The molecule has 1 aromatic heterocycles. The molecule has 1 heterocycles. The lowest BCUT2D eigenvalue weighted by Crippen LogP contribution is -2.34. The fourth-order valence-electron chi connectivity index (χ4n) is 3.20. The zero-order valence-electron chi connectivity index (χ0n) is 18.3. The second-order valence-electron chi connectivity index (χ2n) is 7.27. The van der Waals surface area contributed by atoms with Crippen LogP contribution in [0.2, 0.25) is 5.02 Å². The maximum absolute atomic E-state index is 13.1. The average Bonchev–Trinajstić information content (AvgIpc) is 2.80. The Labute approximate surface area is 192 Å². The molecular formula is C25H25ClN2O4. The molecule has 0 bridgehead atoms. The highest BCUT2D eigenvalue weighted by Crippen LogP contribution is 2.26. The molecule has 32 heavy (non-hydrogen) atoms. The summed E-state index contributed by atoms with van der Waals surface area (Å²) in [5, 5.41) is 0.684. The van der Waals surface area contributed by atoms with E-state index in [1.165, 1.54) is 0 Å². The third kappa shape index (κ3) is 5.86. The summed E-state index contributed by atoms with van der Waals surface area (Å²) in [6, 6.07) is 14.1. The number of halogens is 1. The van der Waals surface area contributed by atoms with Gasteiger partial charge in [0.25, 0.3) is 5.91 Å². The molecule has 6 nitrogen and oxygen atoms in total. The van der Waals surface area contributed by atoms with Gasteiger partial charge in [0.05, 0.1) is 18.7 Å². The number of aryl methyl sites for hydroxylation is 2. The molecule has 0 aliphatic rings. The number of ether oxygens (including phenoxy) is 2. The summed E-state index contributed by atoms with van der Waals surface area (Å²) >= 11 is 6.22. The molecule has 3 rings (SSSR count). The fraction of sp³-hybridized carbons (Fsp3) is 0.240. The van der Waals surface area contributed by atoms with Gasteiger partial charge in [0.2, 0.25) is 0 Å². The lowest BCUT2D eigenvalue weighted by Gasteiger charge is -2.23. The molecule has 0 N–H and O–H groups in total. The van der Waals surface area contributed by atoms with Crippen molar-refractivity contribution in [2.24, 2.45) is 0 Å². The van der Waals surface area contributed by atoms with Gasteiger partial charge in [-0.3, -0.25) is 9.78 Å². The zero-order valence-corrected chi connectivity index (χ0v) is 19.1. The number of nitrogens with zero attached hydrogens (tertiary/aromatic N) is 2. The molecule has 0 saturated heterocycles. The number of hydrogen-bond acceptors (Lipinski definition) is 5. The van der Waals surface area contributed by atoms with Crippen molar-refractivity contribution in [1.29, 1.82) is 0 Å². The molecule has 0 saturated carbocycles. The number of amides is 1. The van der Waals surface area contributed by atoms with Crippen LogP contribution in [0.3, 0.4) is 0 Å². The van der Waals surface area contributed by atoms with E-state index >= 15 is 0 Å². The van der Waals surface area contributed by atoms with Crippen molar-refractivity contribution in [2.75, 3.05) is 18.1 Å². The van der Waals surface area contributed by atoms with Crippen molar-refractivity contribution < 1.29 is 19.1 Å². The van der Waals surface area contributed by atoms with Crippen molar-refractivity contribution in [1.82, 2.24) is 4.98 Å². The van der Waals surface area contributed by atoms with Crippen LogP contribution < -0.4 is 9.64 Å². The second kappa shape index (κ2) is 10.8. The molecule has 0 spiro atoms. The van der Waals surface area contributed by atoms with E-state index in [9.17, 15) is 9.59 Å². The van der Waals surface area contributed by atoms with E-state index in [1.807, 2.05) is 38.1 Å². The van der Waals surface area contributed by atoms with E-state index in [1.54, 1.807) is 48.5 Å². The fourth-order valence-corrected chi connectivity index (χ4v) is 3.31. The molecule has 0 atom stereocenters. The molecular weight excluding hydrogens is 428 g/mol. The van der Waals surface area contributed by atoms with Crippen LogP contribution in [0.25, 0.3) is 0 Å². The van der Waals surface area contributed by atoms with Crippen LogP contribution in [0.15, 0.2) is 60.9 Å². The first-order chi connectivity index (χ1) is 15.4.